The van der Waals surface area contributed by atoms with Crippen molar-refractivity contribution >= 4 is 5.91 Å². The summed E-state index contributed by atoms with van der Waals surface area (Å²) >= 11 is 0. The summed E-state index contributed by atoms with van der Waals surface area (Å²) in [4.78, 5) is 11.5. The Balaban J connectivity index is 2.82. The molecule has 3 N–H and O–H groups in total. The molecular weight excluding hydrogens is 245 g/mol. The van der Waals surface area contributed by atoms with Crippen LogP contribution < -0.4 is 11.1 Å². The highest BCUT2D eigenvalue weighted by atomic mass is 19.4. The predicted molar refractivity (Wildman–Crippen MR) is 61.8 cm³/mol. The zero-order valence-electron chi connectivity index (χ0n) is 9.92. The molecule has 1 atom stereocenters. The Morgan fingerprint density at radius 3 is 2.56 bits per heavy atom. The van der Waals surface area contributed by atoms with Crippen molar-refractivity contribution in [1.82, 2.24) is 5.32 Å². The highest BCUT2D eigenvalue weighted by molar-refractivity contribution is 5.79. The molecule has 0 fully saturated rings. The Labute approximate surface area is 103 Å². The lowest BCUT2D eigenvalue weighted by atomic mass is 10.0. The zero-order valence-corrected chi connectivity index (χ0v) is 9.92. The highest BCUT2D eigenvalue weighted by Crippen LogP contribution is 2.31. The maximum absolute atomic E-state index is 12.7. The molecule has 1 amide bonds. The van der Waals surface area contributed by atoms with Crippen molar-refractivity contribution in [2.24, 2.45) is 5.73 Å². The average molecular weight is 260 g/mol. The summed E-state index contributed by atoms with van der Waals surface area (Å²) in [5, 5.41) is 2.53. The van der Waals surface area contributed by atoms with E-state index in [-0.39, 0.29) is 24.6 Å². The van der Waals surface area contributed by atoms with E-state index < -0.39 is 17.6 Å². The van der Waals surface area contributed by atoms with E-state index in [9.17, 15) is 18.0 Å². The molecule has 0 bridgehead atoms. The molecule has 0 aliphatic carbocycles. The molecule has 18 heavy (non-hydrogen) atoms. The summed E-state index contributed by atoms with van der Waals surface area (Å²) in [5.41, 5.74) is 4.51. The number of carbonyl (C=O) groups excluding carboxylic acids is 1. The van der Waals surface area contributed by atoms with E-state index in [1.54, 1.807) is 6.92 Å². The normalized spacial score (nSPS) is 13.2. The smallest absolute Gasteiger partial charge is 0.352 e. The van der Waals surface area contributed by atoms with Gasteiger partial charge in [0.2, 0.25) is 5.91 Å². The fraction of sp³-hybridized carbons (Fsp3) is 0.417. The Hall–Kier alpha value is -1.56. The first-order valence-electron chi connectivity index (χ1n) is 5.49. The second-order valence-electron chi connectivity index (χ2n) is 4.04. The van der Waals surface area contributed by atoms with Crippen LogP contribution in [0.3, 0.4) is 0 Å². The Kier molecular flexibility index (Phi) is 4.72. The molecule has 0 saturated carbocycles. The van der Waals surface area contributed by atoms with Gasteiger partial charge in [-0.05, 0) is 18.6 Å². The van der Waals surface area contributed by atoms with Gasteiger partial charge in [-0.15, -0.1) is 0 Å². The van der Waals surface area contributed by atoms with Crippen molar-refractivity contribution in [3.63, 3.8) is 0 Å². The van der Waals surface area contributed by atoms with Crippen LogP contribution in [0.25, 0.3) is 0 Å². The van der Waals surface area contributed by atoms with Gasteiger partial charge < -0.3 is 11.1 Å². The predicted octanol–water partition coefficient (Wildman–Crippen LogP) is 1.71. The number of alkyl halides is 3. The number of rotatable bonds is 4. The van der Waals surface area contributed by atoms with Gasteiger partial charge in [0, 0.05) is 12.6 Å². The largest absolute Gasteiger partial charge is 0.416 e. The van der Waals surface area contributed by atoms with Gasteiger partial charge in [0.05, 0.1) is 12.0 Å². The van der Waals surface area contributed by atoms with Crippen molar-refractivity contribution in [3.8, 4) is 0 Å². The number of nitrogens with two attached hydrogens (primary N) is 1. The van der Waals surface area contributed by atoms with E-state index in [4.69, 9.17) is 5.73 Å². The number of hydrogen-bond donors (Lipinski definition) is 2. The van der Waals surface area contributed by atoms with E-state index in [1.807, 2.05) is 0 Å². The maximum atomic E-state index is 12.7. The molecule has 100 valence electrons. The lowest BCUT2D eigenvalue weighted by molar-refractivity contribution is -0.138. The summed E-state index contributed by atoms with van der Waals surface area (Å²) in [6, 6.07) is 4.79. The molecule has 0 heterocycles. The molecule has 0 saturated heterocycles. The summed E-state index contributed by atoms with van der Waals surface area (Å²) in [6.45, 7) is 1.93. The summed E-state index contributed by atoms with van der Waals surface area (Å²) in [7, 11) is 0. The fourth-order valence-electron chi connectivity index (χ4n) is 1.51. The van der Waals surface area contributed by atoms with Gasteiger partial charge in [-0.1, -0.05) is 18.2 Å². The minimum atomic E-state index is -4.45. The maximum Gasteiger partial charge on any atom is 0.416 e. The van der Waals surface area contributed by atoms with Gasteiger partial charge in [-0.25, -0.2) is 0 Å². The molecule has 0 radical (unpaired) electrons. The van der Waals surface area contributed by atoms with Crippen molar-refractivity contribution < 1.29 is 18.0 Å². The molecule has 0 aromatic heterocycles. The zero-order chi connectivity index (χ0) is 13.8. The molecule has 0 aliphatic heterocycles. The van der Waals surface area contributed by atoms with Crippen LogP contribution in [0, 0.1) is 0 Å². The van der Waals surface area contributed by atoms with Crippen LogP contribution in [0.5, 0.6) is 0 Å². The van der Waals surface area contributed by atoms with Crippen molar-refractivity contribution in [2.75, 3.05) is 6.54 Å². The quantitative estimate of drug-likeness (QED) is 0.866. The van der Waals surface area contributed by atoms with Crippen molar-refractivity contribution in [2.45, 2.75) is 25.6 Å². The van der Waals surface area contributed by atoms with Crippen molar-refractivity contribution in [3.05, 3.63) is 35.4 Å². The molecule has 1 aromatic carbocycles. The van der Waals surface area contributed by atoms with Crippen LogP contribution >= 0.6 is 0 Å². The van der Waals surface area contributed by atoms with Crippen LogP contribution in [0.2, 0.25) is 0 Å². The Morgan fingerprint density at radius 1 is 1.39 bits per heavy atom. The van der Waals surface area contributed by atoms with Gasteiger partial charge in [0.1, 0.15) is 0 Å². The van der Waals surface area contributed by atoms with Gasteiger partial charge >= 0.3 is 6.18 Å². The topological polar surface area (TPSA) is 55.1 Å². The number of halogens is 3. The second-order valence-corrected chi connectivity index (χ2v) is 4.04. The minimum absolute atomic E-state index is 0.0354. The number of carbonyl (C=O) groups is 1. The monoisotopic (exact) mass is 260 g/mol. The van der Waals surface area contributed by atoms with E-state index >= 15 is 0 Å². The number of amides is 1. The van der Waals surface area contributed by atoms with Gasteiger partial charge in [-0.3, -0.25) is 4.79 Å². The Bertz CT molecular complexity index is 418. The molecule has 3 nitrogen and oxygen atoms in total. The van der Waals surface area contributed by atoms with Gasteiger partial charge in [0.25, 0.3) is 0 Å². The third-order valence-corrected chi connectivity index (χ3v) is 2.43. The molecule has 1 rings (SSSR count). The minimum Gasteiger partial charge on any atom is -0.352 e. The number of nitrogens with one attached hydrogen (secondary N) is 1. The SMILES string of the molecule is C[C@@H](CN)NC(=O)Cc1ccccc1C(F)(F)F. The van der Waals surface area contributed by atoms with E-state index in [0.29, 0.717) is 0 Å². The molecule has 0 aliphatic rings. The molecule has 0 unspecified atom stereocenters. The van der Waals surface area contributed by atoms with E-state index in [0.717, 1.165) is 6.07 Å². The first-order valence-corrected chi connectivity index (χ1v) is 5.49. The number of hydrogen-bond acceptors (Lipinski definition) is 2. The van der Waals surface area contributed by atoms with Crippen molar-refractivity contribution in [1.29, 1.82) is 0 Å². The molecule has 6 heteroatoms. The molecular formula is C12H15F3N2O. The number of benzene rings is 1. The highest BCUT2D eigenvalue weighted by Gasteiger charge is 2.33. The van der Waals surface area contributed by atoms with Crippen LogP contribution in [-0.2, 0) is 17.4 Å². The summed E-state index contributed by atoms with van der Waals surface area (Å²) in [6.07, 6.45) is -4.75. The first kappa shape index (κ1) is 14.5. The standard InChI is InChI=1S/C12H15F3N2O/c1-8(7-16)17-11(18)6-9-4-2-3-5-10(9)12(13,14)15/h2-5,8H,6-7,16H2,1H3,(H,17,18)/t8-/m0/s1. The third kappa shape index (κ3) is 4.03. The van der Waals surface area contributed by atoms with Crippen LogP contribution in [0.1, 0.15) is 18.1 Å². The van der Waals surface area contributed by atoms with Crippen LogP contribution in [-0.4, -0.2) is 18.5 Å². The molecule has 1 aromatic rings. The lowest BCUT2D eigenvalue weighted by Crippen LogP contribution is -2.38. The second kappa shape index (κ2) is 5.86. The van der Waals surface area contributed by atoms with Crippen LogP contribution in [0.15, 0.2) is 24.3 Å². The van der Waals surface area contributed by atoms with E-state index in [1.165, 1.54) is 18.2 Å². The van der Waals surface area contributed by atoms with Gasteiger partial charge in [-0.2, -0.15) is 13.2 Å². The summed E-state index contributed by atoms with van der Waals surface area (Å²) < 4.78 is 38.0. The summed E-state index contributed by atoms with van der Waals surface area (Å²) in [5.74, 6) is -0.468. The lowest BCUT2D eigenvalue weighted by Gasteiger charge is -2.14. The Morgan fingerprint density at radius 2 is 2.00 bits per heavy atom. The fourth-order valence-corrected chi connectivity index (χ4v) is 1.51. The van der Waals surface area contributed by atoms with Crippen LogP contribution in [0.4, 0.5) is 13.2 Å². The molecule has 0 spiro atoms. The third-order valence-electron chi connectivity index (χ3n) is 2.43. The van der Waals surface area contributed by atoms with Gasteiger partial charge in [0.15, 0.2) is 0 Å². The average Bonchev–Trinajstić information content (AvgIpc) is 2.27. The van der Waals surface area contributed by atoms with E-state index in [2.05, 4.69) is 5.32 Å². The first-order chi connectivity index (χ1) is 8.34.